The fourth-order valence-corrected chi connectivity index (χ4v) is 4.24. The average molecular weight is 471 g/mol. The van der Waals surface area contributed by atoms with E-state index in [-0.39, 0.29) is 18.6 Å². The molecule has 0 saturated carbocycles. The van der Waals surface area contributed by atoms with Gasteiger partial charge in [-0.1, -0.05) is 30.3 Å². The number of carbonyl (C=O) groups is 1. The van der Waals surface area contributed by atoms with E-state index in [1.165, 1.54) is 0 Å². The Labute approximate surface area is 192 Å². The Hall–Kier alpha value is -3.44. The number of H-pyrrole nitrogens is 1. The molecule has 0 aliphatic carbocycles. The van der Waals surface area contributed by atoms with Gasteiger partial charge in [0, 0.05) is 30.9 Å². The highest BCUT2D eigenvalue weighted by Crippen LogP contribution is 2.26. The van der Waals surface area contributed by atoms with Crippen molar-refractivity contribution in [3.63, 3.8) is 0 Å². The van der Waals surface area contributed by atoms with Crippen molar-refractivity contribution >= 4 is 21.6 Å². The van der Waals surface area contributed by atoms with Gasteiger partial charge in [0.25, 0.3) is 5.91 Å². The molecule has 1 fully saturated rings. The molecule has 0 unspecified atom stereocenters. The van der Waals surface area contributed by atoms with Gasteiger partial charge in [-0.3, -0.25) is 14.6 Å². The second kappa shape index (κ2) is 9.59. The molecular weight excluding hydrogens is 444 g/mol. The number of piperazine rings is 1. The molecule has 3 aromatic rings. The van der Waals surface area contributed by atoms with Gasteiger partial charge in [-0.25, -0.2) is 13.4 Å². The summed E-state index contributed by atoms with van der Waals surface area (Å²) in [4.78, 5) is 21.5. The van der Waals surface area contributed by atoms with Crippen LogP contribution >= 0.6 is 0 Å². The van der Waals surface area contributed by atoms with Crippen molar-refractivity contribution in [3.05, 3.63) is 60.4 Å². The van der Waals surface area contributed by atoms with Crippen molar-refractivity contribution in [2.45, 2.75) is 6.04 Å². The number of para-hydroxylation sites is 1. The van der Waals surface area contributed by atoms with Crippen LogP contribution in [0.2, 0.25) is 0 Å². The number of rotatable bonds is 7. The van der Waals surface area contributed by atoms with Gasteiger partial charge in [0.15, 0.2) is 12.4 Å². The van der Waals surface area contributed by atoms with Crippen molar-refractivity contribution in [1.29, 1.82) is 0 Å². The zero-order valence-electron chi connectivity index (χ0n) is 18.4. The minimum absolute atomic E-state index is 0.0651. The highest BCUT2D eigenvalue weighted by Gasteiger charge is 2.33. The lowest BCUT2D eigenvalue weighted by atomic mass is 10.1. The monoisotopic (exact) mass is 470 g/mol. The highest BCUT2D eigenvalue weighted by atomic mass is 32.2. The summed E-state index contributed by atoms with van der Waals surface area (Å²) in [6.07, 6.45) is 1.09. The Morgan fingerprint density at radius 3 is 2.73 bits per heavy atom. The van der Waals surface area contributed by atoms with Gasteiger partial charge in [0.2, 0.25) is 10.0 Å². The van der Waals surface area contributed by atoms with Crippen LogP contribution in [-0.2, 0) is 14.8 Å². The third kappa shape index (κ3) is 5.88. The summed E-state index contributed by atoms with van der Waals surface area (Å²) in [7, 11) is -1.40. The fourth-order valence-electron chi connectivity index (χ4n) is 3.68. The first-order chi connectivity index (χ1) is 15.8. The Balaban J connectivity index is 1.52. The van der Waals surface area contributed by atoms with E-state index >= 15 is 0 Å². The number of aromatic nitrogens is 3. The van der Waals surface area contributed by atoms with Gasteiger partial charge in [-0.15, -0.1) is 0 Å². The molecule has 2 N–H and O–H groups in total. The molecule has 11 heteroatoms. The predicted octanol–water partition coefficient (Wildman–Crippen LogP) is 1.74. The number of amides is 1. The number of nitrogens with zero attached hydrogens (tertiary/aromatic N) is 4. The minimum Gasteiger partial charge on any atom is -0.484 e. The van der Waals surface area contributed by atoms with E-state index in [2.05, 4.69) is 24.8 Å². The van der Waals surface area contributed by atoms with Crippen LogP contribution < -0.4 is 9.46 Å². The van der Waals surface area contributed by atoms with Crippen LogP contribution in [0.15, 0.2) is 54.6 Å². The molecule has 1 aromatic heterocycles. The summed E-state index contributed by atoms with van der Waals surface area (Å²) in [5, 5.41) is 7.27. The third-order valence-electron chi connectivity index (χ3n) is 5.25. The maximum atomic E-state index is 13.0. The van der Waals surface area contributed by atoms with E-state index in [1.807, 2.05) is 37.4 Å². The largest absolute Gasteiger partial charge is 0.484 e. The zero-order valence-corrected chi connectivity index (χ0v) is 19.2. The third-order valence-corrected chi connectivity index (χ3v) is 5.86. The molecule has 0 bridgehead atoms. The average Bonchev–Trinajstić information content (AvgIpc) is 3.27. The summed E-state index contributed by atoms with van der Waals surface area (Å²) < 4.78 is 31.2. The van der Waals surface area contributed by atoms with Crippen LogP contribution in [-0.4, -0.2) is 78.9 Å². The number of sulfonamides is 1. The van der Waals surface area contributed by atoms with Crippen LogP contribution in [0, 0.1) is 0 Å². The van der Waals surface area contributed by atoms with E-state index in [4.69, 9.17) is 4.74 Å². The summed E-state index contributed by atoms with van der Waals surface area (Å²) in [5.41, 5.74) is 1.08. The minimum atomic E-state index is -3.40. The van der Waals surface area contributed by atoms with Gasteiger partial charge >= 0.3 is 0 Å². The SMILES string of the molecule is CN1CCN(C(=O)COc2ccccc2)[C@@H](c2nc(-c3cccc(NS(C)(=O)=O)c3)n[nH]2)C1. The number of nitrogens with one attached hydrogen (secondary N) is 2. The smallest absolute Gasteiger partial charge is 0.261 e. The lowest BCUT2D eigenvalue weighted by molar-refractivity contribution is -0.138. The number of hydrogen-bond donors (Lipinski definition) is 2. The van der Waals surface area contributed by atoms with E-state index in [0.29, 0.717) is 41.7 Å². The molecule has 174 valence electrons. The maximum absolute atomic E-state index is 13.0. The van der Waals surface area contributed by atoms with E-state index in [0.717, 1.165) is 12.8 Å². The van der Waals surface area contributed by atoms with Crippen molar-refractivity contribution in [3.8, 4) is 17.1 Å². The van der Waals surface area contributed by atoms with Gasteiger partial charge in [-0.2, -0.15) is 5.10 Å². The number of hydrogen-bond acceptors (Lipinski definition) is 7. The Morgan fingerprint density at radius 2 is 1.97 bits per heavy atom. The zero-order chi connectivity index (χ0) is 23.4. The van der Waals surface area contributed by atoms with Crippen molar-refractivity contribution in [2.75, 3.05) is 44.3 Å². The lowest BCUT2D eigenvalue weighted by Crippen LogP contribution is -2.50. The quantitative estimate of drug-likeness (QED) is 0.540. The summed E-state index contributed by atoms with van der Waals surface area (Å²) in [6.45, 7) is 1.82. The van der Waals surface area contributed by atoms with Crippen LogP contribution in [0.5, 0.6) is 5.75 Å². The van der Waals surface area contributed by atoms with Crippen molar-refractivity contribution in [1.82, 2.24) is 25.0 Å². The van der Waals surface area contributed by atoms with Crippen LogP contribution in [0.25, 0.3) is 11.4 Å². The molecule has 0 spiro atoms. The summed E-state index contributed by atoms with van der Waals surface area (Å²) >= 11 is 0. The first-order valence-corrected chi connectivity index (χ1v) is 12.3. The lowest BCUT2D eigenvalue weighted by Gasteiger charge is -2.38. The van der Waals surface area contributed by atoms with Gasteiger partial charge in [0.1, 0.15) is 17.6 Å². The number of benzene rings is 2. The molecule has 1 amide bonds. The first kappa shape index (κ1) is 22.7. The molecule has 33 heavy (non-hydrogen) atoms. The predicted molar refractivity (Wildman–Crippen MR) is 124 cm³/mol. The fraction of sp³-hybridized carbons (Fsp3) is 0.318. The molecular formula is C22H26N6O4S. The molecule has 2 aromatic carbocycles. The molecule has 2 heterocycles. The Bertz CT molecular complexity index is 1210. The normalized spacial score (nSPS) is 17.0. The molecule has 1 saturated heterocycles. The Morgan fingerprint density at radius 1 is 1.18 bits per heavy atom. The summed E-state index contributed by atoms with van der Waals surface area (Å²) in [5.74, 6) is 1.49. The standard InChI is InChI=1S/C22H26N6O4S/c1-27-11-12-28(20(29)15-32-18-9-4-3-5-10-18)19(14-27)22-23-21(24-25-22)16-7-6-8-17(13-16)26-33(2,30)31/h3-10,13,19,26H,11-12,14-15H2,1-2H3,(H,23,24,25)/t19-/m1/s1. The van der Waals surface area contributed by atoms with Crippen molar-refractivity contribution in [2.24, 2.45) is 0 Å². The van der Waals surface area contributed by atoms with Gasteiger partial charge < -0.3 is 14.5 Å². The van der Waals surface area contributed by atoms with Gasteiger partial charge in [-0.05, 0) is 31.3 Å². The number of aromatic amines is 1. The highest BCUT2D eigenvalue weighted by molar-refractivity contribution is 7.92. The molecule has 10 nitrogen and oxygen atoms in total. The molecule has 1 aliphatic heterocycles. The van der Waals surface area contributed by atoms with Crippen LogP contribution in [0.1, 0.15) is 11.9 Å². The number of anilines is 1. The second-order valence-corrected chi connectivity index (χ2v) is 9.71. The topological polar surface area (TPSA) is 121 Å². The maximum Gasteiger partial charge on any atom is 0.261 e. The van der Waals surface area contributed by atoms with Crippen molar-refractivity contribution < 1.29 is 17.9 Å². The summed E-state index contributed by atoms with van der Waals surface area (Å²) in [6, 6.07) is 15.7. The van der Waals surface area contributed by atoms with E-state index in [9.17, 15) is 13.2 Å². The Kier molecular flexibility index (Phi) is 6.61. The number of ether oxygens (including phenoxy) is 1. The number of likely N-dealkylation sites (N-methyl/N-ethyl adjacent to an activating group) is 1. The molecule has 1 atom stereocenters. The van der Waals surface area contributed by atoms with Crippen LogP contribution in [0.3, 0.4) is 0 Å². The second-order valence-electron chi connectivity index (χ2n) is 7.97. The van der Waals surface area contributed by atoms with E-state index < -0.39 is 10.0 Å². The van der Waals surface area contributed by atoms with Crippen LogP contribution in [0.4, 0.5) is 5.69 Å². The van der Waals surface area contributed by atoms with E-state index in [1.54, 1.807) is 29.2 Å². The van der Waals surface area contributed by atoms with Gasteiger partial charge in [0.05, 0.1) is 6.26 Å². The first-order valence-electron chi connectivity index (χ1n) is 10.4. The number of carbonyl (C=O) groups excluding carboxylic acids is 1. The molecule has 1 aliphatic rings. The molecule has 4 rings (SSSR count). The molecule has 0 radical (unpaired) electrons.